The van der Waals surface area contributed by atoms with Gasteiger partial charge in [-0.3, -0.25) is 9.59 Å². The Morgan fingerprint density at radius 1 is 0.833 bits per heavy atom. The Balaban J connectivity index is 0. The average Bonchev–Trinajstić information content (AvgIpc) is 2.44. The molecule has 0 radical (unpaired) electrons. The molecule has 2 aromatic carbocycles. The van der Waals surface area contributed by atoms with E-state index in [1.165, 1.54) is 5.56 Å². The molecule has 0 atom stereocenters. The summed E-state index contributed by atoms with van der Waals surface area (Å²) in [5.41, 5.74) is 2.11. The number of benzene rings is 2. The molecule has 0 aromatic heterocycles. The smallest absolute Gasteiger partial charge is 0.300 e. The lowest BCUT2D eigenvalue weighted by Crippen LogP contribution is -1.94. The number of aromatic hydroxyl groups is 2. The van der Waals surface area contributed by atoms with Gasteiger partial charge in [0, 0.05) is 13.3 Å². The number of ketones is 1. The molecule has 24 heavy (non-hydrogen) atoms. The zero-order chi connectivity index (χ0) is 17.8. The number of hydrogen-bond acceptors (Lipinski definition) is 4. The van der Waals surface area contributed by atoms with E-state index in [2.05, 4.69) is 0 Å². The van der Waals surface area contributed by atoms with Crippen LogP contribution in [0.1, 0.15) is 32.4 Å². The molecule has 0 aliphatic carbocycles. The molecule has 0 saturated carbocycles. The van der Waals surface area contributed by atoms with Gasteiger partial charge in [-0.2, -0.15) is 0 Å². The number of aryl methyl sites for hydroxylation is 1. The molecular formula is C19H26O5. The first-order valence-corrected chi connectivity index (χ1v) is 6.93. The number of hydrogen-bond donors (Lipinski definition) is 3. The number of aliphatic carboxylic acids is 1. The van der Waals surface area contributed by atoms with Crippen molar-refractivity contribution < 1.29 is 24.9 Å². The lowest BCUT2D eigenvalue weighted by molar-refractivity contribution is -0.134. The van der Waals surface area contributed by atoms with Crippen LogP contribution in [0.15, 0.2) is 48.5 Å². The summed E-state index contributed by atoms with van der Waals surface area (Å²) in [7, 11) is 0. The summed E-state index contributed by atoms with van der Waals surface area (Å²) >= 11 is 0. The molecule has 2 rings (SSSR count). The van der Waals surface area contributed by atoms with Gasteiger partial charge in [0.25, 0.3) is 5.97 Å². The van der Waals surface area contributed by atoms with Crippen molar-refractivity contribution in [2.24, 2.45) is 0 Å². The number of Topliss-reactive ketones (excluding diaryl/α,β-unsaturated/α-hetero) is 1. The van der Waals surface area contributed by atoms with Crippen LogP contribution < -0.4 is 0 Å². The number of carboxylic acid groups (broad SMARTS) is 1. The van der Waals surface area contributed by atoms with E-state index in [9.17, 15) is 4.79 Å². The topological polar surface area (TPSA) is 94.8 Å². The van der Waals surface area contributed by atoms with Crippen LogP contribution in [0.2, 0.25) is 0 Å². The maximum absolute atomic E-state index is 10.6. The minimum atomic E-state index is -0.833. The fraction of sp³-hybridized carbons (Fsp3) is 0.263. The molecule has 0 aliphatic heterocycles. The summed E-state index contributed by atoms with van der Waals surface area (Å²) in [5.74, 6) is -0.136. The number of carbonyl (C=O) groups is 2. The van der Waals surface area contributed by atoms with Gasteiger partial charge in [-0.1, -0.05) is 37.3 Å². The van der Waals surface area contributed by atoms with Crippen molar-refractivity contribution >= 4 is 11.8 Å². The molecule has 0 fully saturated rings. The summed E-state index contributed by atoms with van der Waals surface area (Å²) in [6, 6.07) is 13.7. The van der Waals surface area contributed by atoms with Crippen LogP contribution >= 0.6 is 0 Å². The van der Waals surface area contributed by atoms with E-state index >= 15 is 0 Å². The van der Waals surface area contributed by atoms with Gasteiger partial charge in [0.15, 0.2) is 0 Å². The molecule has 0 spiro atoms. The quantitative estimate of drug-likeness (QED) is 0.773. The largest absolute Gasteiger partial charge is 0.508 e. The highest BCUT2D eigenvalue weighted by Gasteiger charge is 1.96. The van der Waals surface area contributed by atoms with Crippen LogP contribution in [0, 0.1) is 6.92 Å². The van der Waals surface area contributed by atoms with Crippen molar-refractivity contribution in [2.45, 2.75) is 34.6 Å². The monoisotopic (exact) mass is 334 g/mol. The predicted octanol–water partition coefficient (Wildman–Crippen LogP) is 3.95. The van der Waals surface area contributed by atoms with E-state index in [1.54, 1.807) is 43.3 Å². The Kier molecular flexibility index (Phi) is 12.4. The number of rotatable bonds is 2. The molecule has 0 unspecified atom stereocenters. The van der Waals surface area contributed by atoms with Crippen LogP contribution in [-0.2, 0) is 16.0 Å². The highest BCUT2D eigenvalue weighted by Crippen LogP contribution is 2.10. The number of phenolic OH excluding ortho intramolecular Hbond substituents is 2. The maximum atomic E-state index is 10.6. The summed E-state index contributed by atoms with van der Waals surface area (Å²) in [5, 5.41) is 25.1. The highest BCUT2D eigenvalue weighted by molar-refractivity contribution is 5.78. The van der Waals surface area contributed by atoms with Crippen molar-refractivity contribution in [3.8, 4) is 11.5 Å². The SMILES string of the molecule is C.CC(=O)Cc1ccc(O)cc1.CC(=O)O.Cc1ccc(O)cc1. The van der Waals surface area contributed by atoms with E-state index in [1.807, 2.05) is 19.1 Å². The van der Waals surface area contributed by atoms with Crippen molar-refractivity contribution in [1.82, 2.24) is 0 Å². The van der Waals surface area contributed by atoms with Gasteiger partial charge >= 0.3 is 0 Å². The normalized spacial score (nSPS) is 8.46. The van der Waals surface area contributed by atoms with Crippen molar-refractivity contribution in [2.75, 3.05) is 0 Å². The van der Waals surface area contributed by atoms with Crippen LogP contribution in [0.3, 0.4) is 0 Å². The van der Waals surface area contributed by atoms with E-state index < -0.39 is 5.97 Å². The minimum Gasteiger partial charge on any atom is -0.508 e. The number of phenols is 2. The molecule has 0 aliphatic rings. The van der Waals surface area contributed by atoms with Crippen LogP contribution in [0.25, 0.3) is 0 Å². The van der Waals surface area contributed by atoms with E-state index in [0.29, 0.717) is 12.2 Å². The third-order valence-corrected chi connectivity index (χ3v) is 2.42. The molecule has 0 bridgehead atoms. The van der Waals surface area contributed by atoms with Gasteiger partial charge in [-0.15, -0.1) is 0 Å². The van der Waals surface area contributed by atoms with Crippen molar-refractivity contribution in [3.63, 3.8) is 0 Å². The van der Waals surface area contributed by atoms with Gasteiger partial charge in [-0.25, -0.2) is 0 Å². The van der Waals surface area contributed by atoms with Crippen molar-refractivity contribution in [1.29, 1.82) is 0 Å². The third-order valence-electron chi connectivity index (χ3n) is 2.42. The lowest BCUT2D eigenvalue weighted by atomic mass is 10.1. The van der Waals surface area contributed by atoms with Gasteiger partial charge in [-0.05, 0) is 43.7 Å². The highest BCUT2D eigenvalue weighted by atomic mass is 16.4. The zero-order valence-electron chi connectivity index (χ0n) is 13.5. The fourth-order valence-corrected chi connectivity index (χ4v) is 1.45. The maximum Gasteiger partial charge on any atom is 0.300 e. The molecule has 3 N–H and O–H groups in total. The molecule has 5 heteroatoms. The molecule has 0 saturated heterocycles. The predicted molar refractivity (Wildman–Crippen MR) is 95.4 cm³/mol. The Bertz CT molecular complexity index is 576. The summed E-state index contributed by atoms with van der Waals surface area (Å²) in [6.07, 6.45) is 0.445. The Labute approximate surface area is 143 Å². The molecule has 132 valence electrons. The third kappa shape index (κ3) is 14.1. The first kappa shape index (κ1) is 23.4. The second-order valence-electron chi connectivity index (χ2n) is 4.90. The van der Waals surface area contributed by atoms with E-state index in [-0.39, 0.29) is 19.0 Å². The Morgan fingerprint density at radius 2 is 1.17 bits per heavy atom. The lowest BCUT2D eigenvalue weighted by Gasteiger charge is -1.96. The molecule has 5 nitrogen and oxygen atoms in total. The van der Waals surface area contributed by atoms with E-state index in [4.69, 9.17) is 20.1 Å². The van der Waals surface area contributed by atoms with Crippen LogP contribution in [-0.4, -0.2) is 27.1 Å². The van der Waals surface area contributed by atoms with Gasteiger partial charge in [0.05, 0.1) is 0 Å². The van der Waals surface area contributed by atoms with Gasteiger partial charge in [0.2, 0.25) is 0 Å². The second kappa shape index (κ2) is 12.7. The zero-order valence-corrected chi connectivity index (χ0v) is 13.5. The standard InChI is InChI=1S/C9H10O2.C7H8O.C2H4O2.CH4/c1-7(10)6-8-2-4-9(11)5-3-8;1-6-2-4-7(8)5-3-6;1-2(3)4;/h2-5,11H,6H2,1H3;2-5,8H,1H3;1H3,(H,3,4);1H4. The Hall–Kier alpha value is -2.82. The Morgan fingerprint density at radius 3 is 1.46 bits per heavy atom. The molecule has 0 heterocycles. The summed E-state index contributed by atoms with van der Waals surface area (Å²) < 4.78 is 0. The van der Waals surface area contributed by atoms with Gasteiger partial charge in [0.1, 0.15) is 17.3 Å². The first-order chi connectivity index (χ1) is 10.7. The average molecular weight is 334 g/mol. The molecule has 0 amide bonds. The first-order valence-electron chi connectivity index (χ1n) is 6.93. The number of carbonyl (C=O) groups excluding carboxylic acids is 1. The van der Waals surface area contributed by atoms with Crippen LogP contribution in [0.4, 0.5) is 0 Å². The molecular weight excluding hydrogens is 308 g/mol. The van der Waals surface area contributed by atoms with Crippen LogP contribution in [0.5, 0.6) is 11.5 Å². The number of carboxylic acids is 1. The second-order valence-corrected chi connectivity index (χ2v) is 4.90. The minimum absolute atomic E-state index is 0. The summed E-state index contributed by atoms with van der Waals surface area (Å²) in [4.78, 5) is 19.6. The fourth-order valence-electron chi connectivity index (χ4n) is 1.45. The molecule has 2 aromatic rings. The van der Waals surface area contributed by atoms with E-state index in [0.717, 1.165) is 12.5 Å². The van der Waals surface area contributed by atoms with Crippen molar-refractivity contribution in [3.05, 3.63) is 59.7 Å². The summed E-state index contributed by atoms with van der Waals surface area (Å²) in [6.45, 7) is 4.62. The van der Waals surface area contributed by atoms with Gasteiger partial charge < -0.3 is 15.3 Å².